The molecular formula is C20H22F2N2O3. The number of ether oxygens (including phenoxy) is 2. The molecule has 0 radical (unpaired) electrons. The molecule has 1 aliphatic heterocycles. The van der Waals surface area contributed by atoms with Gasteiger partial charge in [0.15, 0.2) is 11.5 Å². The van der Waals surface area contributed by atoms with Crippen LogP contribution >= 0.6 is 0 Å². The molecular weight excluding hydrogens is 354 g/mol. The molecule has 0 bridgehead atoms. The van der Waals surface area contributed by atoms with E-state index in [9.17, 15) is 13.6 Å². The minimum Gasteiger partial charge on any atom is -0.493 e. The summed E-state index contributed by atoms with van der Waals surface area (Å²) in [6.45, 7) is 1.97. The summed E-state index contributed by atoms with van der Waals surface area (Å²) in [5.41, 5.74) is 1.92. The maximum Gasteiger partial charge on any atom is 0.225 e. The molecule has 0 saturated carbocycles. The number of para-hydroxylation sites is 1. The first kappa shape index (κ1) is 19.1. The van der Waals surface area contributed by atoms with E-state index in [2.05, 4.69) is 10.2 Å². The molecule has 1 amide bonds. The predicted octanol–water partition coefficient (Wildman–Crippen LogP) is 3.37. The van der Waals surface area contributed by atoms with E-state index in [-0.39, 0.29) is 6.42 Å². The van der Waals surface area contributed by atoms with Gasteiger partial charge in [-0.1, -0.05) is 6.07 Å². The van der Waals surface area contributed by atoms with Gasteiger partial charge in [-0.25, -0.2) is 8.78 Å². The lowest BCUT2D eigenvalue weighted by Gasteiger charge is -2.29. The highest BCUT2D eigenvalue weighted by Crippen LogP contribution is 2.33. The molecule has 2 aromatic carbocycles. The van der Waals surface area contributed by atoms with Crippen LogP contribution in [-0.2, 0) is 17.8 Å². The van der Waals surface area contributed by atoms with E-state index in [0.29, 0.717) is 24.6 Å². The molecule has 2 aromatic rings. The third-order valence-electron chi connectivity index (χ3n) is 4.68. The minimum absolute atomic E-state index is 0.149. The van der Waals surface area contributed by atoms with Crippen molar-refractivity contribution in [1.82, 2.24) is 4.90 Å². The highest BCUT2D eigenvalue weighted by Gasteiger charge is 2.20. The van der Waals surface area contributed by atoms with Gasteiger partial charge in [-0.05, 0) is 41.8 Å². The molecule has 3 rings (SSSR count). The summed E-state index contributed by atoms with van der Waals surface area (Å²) in [5.74, 6) is -0.605. The Morgan fingerprint density at radius 2 is 1.74 bits per heavy atom. The van der Waals surface area contributed by atoms with Crippen LogP contribution in [0.5, 0.6) is 11.5 Å². The van der Waals surface area contributed by atoms with E-state index >= 15 is 0 Å². The Bertz CT molecular complexity index is 822. The summed E-state index contributed by atoms with van der Waals surface area (Å²) >= 11 is 0. The molecule has 7 heteroatoms. The van der Waals surface area contributed by atoms with Crippen LogP contribution in [0.3, 0.4) is 0 Å². The van der Waals surface area contributed by atoms with Gasteiger partial charge in [0.25, 0.3) is 0 Å². The number of carbonyl (C=O) groups is 1. The van der Waals surface area contributed by atoms with Crippen LogP contribution in [0.1, 0.15) is 17.5 Å². The number of rotatable bonds is 6. The van der Waals surface area contributed by atoms with Crippen LogP contribution in [-0.4, -0.2) is 38.1 Å². The predicted molar refractivity (Wildman–Crippen MR) is 98.1 cm³/mol. The number of nitrogens with zero attached hydrogens (tertiary/aromatic N) is 1. The summed E-state index contributed by atoms with van der Waals surface area (Å²) in [6, 6.07) is 7.42. The molecule has 5 nitrogen and oxygen atoms in total. The number of nitrogens with one attached hydrogen (secondary N) is 1. The van der Waals surface area contributed by atoms with E-state index in [4.69, 9.17) is 9.47 Å². The average Bonchev–Trinajstić information content (AvgIpc) is 2.68. The minimum atomic E-state index is -0.781. The Kier molecular flexibility index (Phi) is 5.91. The molecule has 1 aliphatic rings. The Hall–Kier alpha value is -2.67. The standard InChI is InChI=1S/C20H22F2N2O3/c1-26-17-10-13-6-8-24(12-14(13)11-18(17)27-2)9-7-19(25)23-20-15(21)4-3-5-16(20)22/h3-5,10-11H,6-9,12H2,1-2H3,(H,23,25). The first-order valence-corrected chi connectivity index (χ1v) is 8.71. The number of anilines is 1. The lowest BCUT2D eigenvalue weighted by Crippen LogP contribution is -2.33. The second kappa shape index (κ2) is 8.35. The first-order chi connectivity index (χ1) is 13.0. The summed E-state index contributed by atoms with van der Waals surface area (Å²) in [7, 11) is 3.20. The van der Waals surface area contributed by atoms with Gasteiger partial charge in [-0.2, -0.15) is 0 Å². The van der Waals surface area contributed by atoms with Crippen molar-refractivity contribution in [2.45, 2.75) is 19.4 Å². The largest absolute Gasteiger partial charge is 0.493 e. The Morgan fingerprint density at radius 1 is 1.11 bits per heavy atom. The highest BCUT2D eigenvalue weighted by molar-refractivity contribution is 5.91. The summed E-state index contributed by atoms with van der Waals surface area (Å²) < 4.78 is 37.9. The van der Waals surface area contributed by atoms with Gasteiger partial charge in [0.05, 0.1) is 14.2 Å². The zero-order chi connectivity index (χ0) is 19.4. The van der Waals surface area contributed by atoms with Crippen molar-refractivity contribution in [2.75, 3.05) is 32.6 Å². The van der Waals surface area contributed by atoms with Gasteiger partial charge in [-0.15, -0.1) is 0 Å². The SMILES string of the molecule is COc1cc2c(cc1OC)CN(CCC(=O)Nc1c(F)cccc1F)CC2. The van der Waals surface area contributed by atoms with Crippen molar-refractivity contribution in [1.29, 1.82) is 0 Å². The van der Waals surface area contributed by atoms with E-state index < -0.39 is 23.2 Å². The van der Waals surface area contributed by atoms with Crippen molar-refractivity contribution in [3.63, 3.8) is 0 Å². The second-order valence-electron chi connectivity index (χ2n) is 6.40. The lowest BCUT2D eigenvalue weighted by molar-refractivity contribution is -0.116. The quantitative estimate of drug-likeness (QED) is 0.840. The fourth-order valence-electron chi connectivity index (χ4n) is 3.21. The van der Waals surface area contributed by atoms with Crippen LogP contribution in [0.15, 0.2) is 30.3 Å². The molecule has 0 aromatic heterocycles. The normalized spacial score (nSPS) is 13.8. The zero-order valence-corrected chi connectivity index (χ0v) is 15.4. The maximum absolute atomic E-state index is 13.6. The zero-order valence-electron chi connectivity index (χ0n) is 15.4. The van der Waals surface area contributed by atoms with E-state index in [0.717, 1.165) is 30.7 Å². The van der Waals surface area contributed by atoms with Crippen molar-refractivity contribution >= 4 is 11.6 Å². The molecule has 0 fully saturated rings. The fourth-order valence-corrected chi connectivity index (χ4v) is 3.21. The molecule has 0 unspecified atom stereocenters. The van der Waals surface area contributed by atoms with E-state index in [1.807, 2.05) is 12.1 Å². The van der Waals surface area contributed by atoms with Crippen LogP contribution in [0.25, 0.3) is 0 Å². The topological polar surface area (TPSA) is 50.8 Å². The number of benzene rings is 2. The van der Waals surface area contributed by atoms with Crippen LogP contribution in [0.2, 0.25) is 0 Å². The first-order valence-electron chi connectivity index (χ1n) is 8.71. The number of hydrogen-bond acceptors (Lipinski definition) is 4. The molecule has 27 heavy (non-hydrogen) atoms. The average molecular weight is 376 g/mol. The molecule has 1 N–H and O–H groups in total. The summed E-state index contributed by atoms with van der Waals surface area (Å²) in [6.07, 6.45) is 0.982. The van der Waals surface area contributed by atoms with Gasteiger partial charge in [0, 0.05) is 26.1 Å². The van der Waals surface area contributed by atoms with Gasteiger partial charge < -0.3 is 14.8 Å². The number of methoxy groups -OCH3 is 2. The number of amides is 1. The summed E-state index contributed by atoms with van der Waals surface area (Å²) in [4.78, 5) is 14.2. The number of carbonyl (C=O) groups excluding carboxylic acids is 1. The van der Waals surface area contributed by atoms with Crippen LogP contribution in [0.4, 0.5) is 14.5 Å². The third kappa shape index (κ3) is 4.36. The highest BCUT2D eigenvalue weighted by atomic mass is 19.1. The maximum atomic E-state index is 13.6. The molecule has 144 valence electrons. The van der Waals surface area contributed by atoms with Gasteiger partial charge in [0.1, 0.15) is 17.3 Å². The molecule has 0 saturated heterocycles. The second-order valence-corrected chi connectivity index (χ2v) is 6.40. The molecule has 1 heterocycles. The van der Waals surface area contributed by atoms with Crippen molar-refractivity contribution in [3.8, 4) is 11.5 Å². The van der Waals surface area contributed by atoms with E-state index in [1.54, 1.807) is 14.2 Å². The van der Waals surface area contributed by atoms with E-state index in [1.165, 1.54) is 11.6 Å². The van der Waals surface area contributed by atoms with Gasteiger partial charge >= 0.3 is 0 Å². The molecule has 0 aliphatic carbocycles. The Balaban J connectivity index is 1.59. The van der Waals surface area contributed by atoms with Crippen LogP contribution < -0.4 is 14.8 Å². The molecule has 0 spiro atoms. The third-order valence-corrected chi connectivity index (χ3v) is 4.68. The Morgan fingerprint density at radius 3 is 2.37 bits per heavy atom. The number of halogens is 2. The van der Waals surface area contributed by atoms with Crippen molar-refractivity contribution < 1.29 is 23.0 Å². The molecule has 0 atom stereocenters. The smallest absolute Gasteiger partial charge is 0.225 e. The lowest BCUT2D eigenvalue weighted by atomic mass is 9.98. The Labute approximate surface area is 156 Å². The van der Waals surface area contributed by atoms with Crippen molar-refractivity contribution in [3.05, 3.63) is 53.1 Å². The number of fused-ring (bicyclic) bond motifs is 1. The fraction of sp³-hybridized carbons (Fsp3) is 0.350. The number of hydrogen-bond donors (Lipinski definition) is 1. The summed E-state index contributed by atoms with van der Waals surface area (Å²) in [5, 5.41) is 2.32. The van der Waals surface area contributed by atoms with Crippen molar-refractivity contribution in [2.24, 2.45) is 0 Å². The van der Waals surface area contributed by atoms with Gasteiger partial charge in [-0.3, -0.25) is 9.69 Å². The van der Waals surface area contributed by atoms with Crippen LogP contribution in [0, 0.1) is 11.6 Å². The van der Waals surface area contributed by atoms with Gasteiger partial charge in [0.2, 0.25) is 5.91 Å². The monoisotopic (exact) mass is 376 g/mol.